The predicted molar refractivity (Wildman–Crippen MR) is 57.4 cm³/mol. The van der Waals surface area contributed by atoms with E-state index in [1.165, 1.54) is 4.57 Å². The molecule has 0 bridgehead atoms. The van der Waals surface area contributed by atoms with Gasteiger partial charge in [0.2, 0.25) is 5.95 Å². The number of rotatable bonds is 5. The summed E-state index contributed by atoms with van der Waals surface area (Å²) in [7, 11) is 0. The number of hydrogen-bond acceptors (Lipinski definition) is 7. The van der Waals surface area contributed by atoms with Gasteiger partial charge in [0.1, 0.15) is 6.54 Å². The fraction of sp³-hybridized carbons (Fsp3) is 0.500. The van der Waals surface area contributed by atoms with Gasteiger partial charge in [-0.15, -0.1) is 10.2 Å². The second-order valence-electron chi connectivity index (χ2n) is 2.68. The van der Waals surface area contributed by atoms with Crippen LogP contribution in [-0.2, 0) is 16.1 Å². The summed E-state index contributed by atoms with van der Waals surface area (Å²) >= 11 is 1.14. The SMILES string of the molecule is CCOC(=O)CSc1nnc(N)n1CC#N. The number of nitrogens with two attached hydrogens (primary N) is 1. The van der Waals surface area contributed by atoms with E-state index >= 15 is 0 Å². The molecule has 7 nitrogen and oxygen atoms in total. The van der Waals surface area contributed by atoms with Crippen molar-refractivity contribution < 1.29 is 9.53 Å². The second-order valence-corrected chi connectivity index (χ2v) is 3.62. The van der Waals surface area contributed by atoms with E-state index in [2.05, 4.69) is 10.2 Å². The first kappa shape index (κ1) is 12.3. The van der Waals surface area contributed by atoms with Crippen LogP contribution in [0.15, 0.2) is 5.16 Å². The van der Waals surface area contributed by atoms with Crippen molar-refractivity contribution in [2.75, 3.05) is 18.1 Å². The highest BCUT2D eigenvalue weighted by molar-refractivity contribution is 7.99. The fourth-order valence-electron chi connectivity index (χ4n) is 0.952. The molecule has 1 aromatic rings. The lowest BCUT2D eigenvalue weighted by Crippen LogP contribution is -2.08. The highest BCUT2D eigenvalue weighted by Crippen LogP contribution is 2.17. The van der Waals surface area contributed by atoms with Gasteiger partial charge in [0.25, 0.3) is 0 Å². The summed E-state index contributed by atoms with van der Waals surface area (Å²) in [6.07, 6.45) is 0. The third-order valence-corrected chi connectivity index (χ3v) is 2.54. The molecule has 0 spiro atoms. The van der Waals surface area contributed by atoms with Crippen molar-refractivity contribution in [1.29, 1.82) is 5.26 Å². The van der Waals surface area contributed by atoms with E-state index < -0.39 is 0 Å². The Morgan fingerprint density at radius 3 is 3.06 bits per heavy atom. The Bertz CT molecular complexity index is 411. The molecule has 0 aliphatic rings. The van der Waals surface area contributed by atoms with Gasteiger partial charge in [0.15, 0.2) is 5.16 Å². The minimum atomic E-state index is -0.336. The van der Waals surface area contributed by atoms with E-state index in [9.17, 15) is 4.79 Å². The predicted octanol–water partition coefficient (Wildman–Crippen LogP) is 0.0391. The van der Waals surface area contributed by atoms with Crippen LogP contribution in [0.25, 0.3) is 0 Å². The van der Waals surface area contributed by atoms with Crippen molar-refractivity contribution in [2.45, 2.75) is 18.6 Å². The van der Waals surface area contributed by atoms with Gasteiger partial charge >= 0.3 is 5.97 Å². The first-order chi connectivity index (χ1) is 7.69. The lowest BCUT2D eigenvalue weighted by molar-refractivity contribution is -0.139. The first-order valence-corrected chi connectivity index (χ1v) is 5.51. The third-order valence-electron chi connectivity index (χ3n) is 1.60. The number of anilines is 1. The molecular weight excluding hydrogens is 230 g/mol. The third kappa shape index (κ3) is 3.13. The maximum atomic E-state index is 11.1. The zero-order chi connectivity index (χ0) is 12.0. The average Bonchev–Trinajstić information content (AvgIpc) is 2.59. The summed E-state index contributed by atoms with van der Waals surface area (Å²) in [5.74, 6) is -0.0531. The fourth-order valence-corrected chi connectivity index (χ4v) is 1.69. The van der Waals surface area contributed by atoms with Gasteiger partial charge in [0.05, 0.1) is 18.4 Å². The van der Waals surface area contributed by atoms with Crippen LogP contribution in [0.4, 0.5) is 5.95 Å². The molecule has 8 heteroatoms. The zero-order valence-corrected chi connectivity index (χ0v) is 9.53. The van der Waals surface area contributed by atoms with E-state index in [0.29, 0.717) is 11.8 Å². The molecule has 1 rings (SSSR count). The van der Waals surface area contributed by atoms with Gasteiger partial charge in [-0.05, 0) is 6.92 Å². The second kappa shape index (κ2) is 5.97. The normalized spacial score (nSPS) is 9.75. The molecule has 1 aromatic heterocycles. The van der Waals surface area contributed by atoms with Crippen molar-refractivity contribution in [1.82, 2.24) is 14.8 Å². The Balaban J connectivity index is 2.60. The maximum absolute atomic E-state index is 11.1. The van der Waals surface area contributed by atoms with Crippen molar-refractivity contribution >= 4 is 23.7 Å². The quantitative estimate of drug-likeness (QED) is 0.572. The number of aromatic nitrogens is 3. The molecule has 16 heavy (non-hydrogen) atoms. The molecule has 2 N–H and O–H groups in total. The molecule has 0 saturated heterocycles. The summed E-state index contributed by atoms with van der Waals surface area (Å²) in [5, 5.41) is 16.4. The van der Waals surface area contributed by atoms with Crippen LogP contribution in [0.2, 0.25) is 0 Å². The number of thioether (sulfide) groups is 1. The molecular formula is C8H11N5O2S. The molecule has 0 amide bonds. The monoisotopic (exact) mass is 241 g/mol. The molecule has 0 radical (unpaired) electrons. The number of hydrogen-bond donors (Lipinski definition) is 1. The summed E-state index contributed by atoms with van der Waals surface area (Å²) in [4.78, 5) is 11.1. The van der Waals surface area contributed by atoms with Gasteiger partial charge in [-0.1, -0.05) is 11.8 Å². The molecule has 0 aliphatic heterocycles. The van der Waals surface area contributed by atoms with Crippen LogP contribution < -0.4 is 5.73 Å². The van der Waals surface area contributed by atoms with Crippen molar-refractivity contribution in [3.05, 3.63) is 0 Å². The summed E-state index contributed by atoms with van der Waals surface area (Å²) in [6.45, 7) is 2.13. The van der Waals surface area contributed by atoms with E-state index in [1.807, 2.05) is 6.07 Å². The Morgan fingerprint density at radius 1 is 1.69 bits per heavy atom. The van der Waals surface area contributed by atoms with Crippen LogP contribution >= 0.6 is 11.8 Å². The standard InChI is InChI=1S/C8H11N5O2S/c1-2-15-6(14)5-16-8-12-11-7(10)13(8)4-3-9/h2,4-5H2,1H3,(H2,10,11). The Morgan fingerprint density at radius 2 is 2.44 bits per heavy atom. The lowest BCUT2D eigenvalue weighted by Gasteiger charge is -2.02. The minimum Gasteiger partial charge on any atom is -0.465 e. The summed E-state index contributed by atoms with van der Waals surface area (Å²) < 4.78 is 6.19. The Labute approximate surface area is 96.6 Å². The van der Waals surface area contributed by atoms with E-state index in [-0.39, 0.29) is 24.2 Å². The number of ether oxygens (including phenoxy) is 1. The van der Waals surface area contributed by atoms with E-state index in [4.69, 9.17) is 15.7 Å². The summed E-state index contributed by atoms with van der Waals surface area (Å²) in [6, 6.07) is 1.94. The Hall–Kier alpha value is -1.75. The largest absolute Gasteiger partial charge is 0.465 e. The van der Waals surface area contributed by atoms with E-state index in [0.717, 1.165) is 11.8 Å². The van der Waals surface area contributed by atoms with Crippen molar-refractivity contribution in [3.8, 4) is 6.07 Å². The van der Waals surface area contributed by atoms with Gasteiger partial charge in [0, 0.05) is 0 Å². The molecule has 0 atom stereocenters. The van der Waals surface area contributed by atoms with Crippen LogP contribution in [0, 0.1) is 11.3 Å². The number of esters is 1. The van der Waals surface area contributed by atoms with Gasteiger partial charge in [-0.3, -0.25) is 9.36 Å². The number of carbonyl (C=O) groups is 1. The first-order valence-electron chi connectivity index (χ1n) is 4.53. The number of carbonyl (C=O) groups excluding carboxylic acids is 1. The van der Waals surface area contributed by atoms with Gasteiger partial charge in [-0.25, -0.2) is 0 Å². The highest BCUT2D eigenvalue weighted by Gasteiger charge is 2.12. The van der Waals surface area contributed by atoms with Crippen molar-refractivity contribution in [3.63, 3.8) is 0 Å². The highest BCUT2D eigenvalue weighted by atomic mass is 32.2. The van der Waals surface area contributed by atoms with Gasteiger partial charge < -0.3 is 10.5 Å². The summed E-state index contributed by atoms with van der Waals surface area (Å²) in [5.41, 5.74) is 5.50. The van der Waals surface area contributed by atoms with Crippen molar-refractivity contribution in [2.24, 2.45) is 0 Å². The smallest absolute Gasteiger partial charge is 0.316 e. The maximum Gasteiger partial charge on any atom is 0.316 e. The lowest BCUT2D eigenvalue weighted by atomic mass is 10.7. The van der Waals surface area contributed by atoms with E-state index in [1.54, 1.807) is 6.92 Å². The molecule has 1 heterocycles. The molecule has 86 valence electrons. The molecule has 0 aliphatic carbocycles. The zero-order valence-electron chi connectivity index (χ0n) is 8.71. The molecule has 0 fully saturated rings. The number of nitrogens with zero attached hydrogens (tertiary/aromatic N) is 4. The number of nitriles is 1. The molecule has 0 aromatic carbocycles. The van der Waals surface area contributed by atoms with Crippen LogP contribution in [0.5, 0.6) is 0 Å². The average molecular weight is 241 g/mol. The topological polar surface area (TPSA) is 107 Å². The van der Waals surface area contributed by atoms with Gasteiger partial charge in [-0.2, -0.15) is 5.26 Å². The minimum absolute atomic E-state index is 0.0595. The molecule has 0 unspecified atom stereocenters. The van der Waals surface area contributed by atoms with Crippen LogP contribution in [0.1, 0.15) is 6.92 Å². The molecule has 0 saturated carbocycles. The van der Waals surface area contributed by atoms with Crippen LogP contribution in [0.3, 0.4) is 0 Å². The Kier molecular flexibility index (Phi) is 4.60. The van der Waals surface area contributed by atoms with Crippen LogP contribution in [-0.4, -0.2) is 33.1 Å². The number of nitrogen functional groups attached to an aromatic ring is 1.